The van der Waals surface area contributed by atoms with Crippen molar-refractivity contribution < 1.29 is 0 Å². The van der Waals surface area contributed by atoms with Gasteiger partial charge in [-0.2, -0.15) is 5.10 Å². The van der Waals surface area contributed by atoms with Crippen molar-refractivity contribution in [3.05, 3.63) is 39.4 Å². The summed E-state index contributed by atoms with van der Waals surface area (Å²) < 4.78 is 1.65. The molecule has 2 aromatic rings. The molecule has 0 aromatic carbocycles. The molecule has 1 N–H and O–H groups in total. The average Bonchev–Trinajstić information content (AvgIpc) is 2.65. The van der Waals surface area contributed by atoms with Gasteiger partial charge in [-0.1, -0.05) is 29.0 Å². The van der Waals surface area contributed by atoms with Gasteiger partial charge in [-0.15, -0.1) is 0 Å². The molecule has 0 bridgehead atoms. The van der Waals surface area contributed by atoms with E-state index >= 15 is 0 Å². The Labute approximate surface area is 95.7 Å². The summed E-state index contributed by atoms with van der Waals surface area (Å²) in [5, 5.41) is 12.2. The van der Waals surface area contributed by atoms with Gasteiger partial charge in [-0.3, -0.25) is 5.41 Å². The van der Waals surface area contributed by atoms with Crippen molar-refractivity contribution in [2.75, 3.05) is 0 Å². The van der Waals surface area contributed by atoms with Crippen LogP contribution in [0, 0.1) is 5.41 Å². The number of hydrogen-bond donors (Lipinski definition) is 1. The molecule has 0 radical (unpaired) electrons. The second-order valence-electron chi connectivity index (χ2n) is 3.08. The van der Waals surface area contributed by atoms with Gasteiger partial charge < -0.3 is 0 Å². The van der Waals surface area contributed by atoms with Gasteiger partial charge in [0.05, 0.1) is 6.04 Å². The Hall–Kier alpha value is -1.20. The third-order valence-electron chi connectivity index (χ3n) is 2.14. The molecule has 0 fully saturated rings. The van der Waals surface area contributed by atoms with Gasteiger partial charge in [0.2, 0.25) is 4.80 Å². The maximum absolute atomic E-state index is 7.65. The van der Waals surface area contributed by atoms with Gasteiger partial charge in [-0.25, -0.2) is 9.67 Å². The van der Waals surface area contributed by atoms with Crippen LogP contribution in [0.1, 0.15) is 18.5 Å². The summed E-state index contributed by atoms with van der Waals surface area (Å²) in [4.78, 5) is 4.43. The molecule has 0 saturated heterocycles. The molecule has 0 aliphatic heterocycles. The number of aromatic nitrogens is 3. The first-order valence-electron chi connectivity index (χ1n) is 4.37. The normalized spacial score (nSPS) is 12.7. The highest BCUT2D eigenvalue weighted by Gasteiger charge is 2.09. The maximum Gasteiger partial charge on any atom is 0.200 e. The fourth-order valence-electron chi connectivity index (χ4n) is 1.28. The first-order valence-corrected chi connectivity index (χ1v) is 5.62. The number of nitrogens with one attached hydrogen (secondary N) is 1. The Morgan fingerprint density at radius 3 is 2.87 bits per heavy atom. The third kappa shape index (κ3) is 2.08. The molecule has 0 aliphatic carbocycles. The molecular formula is C9H9ClN4S. The van der Waals surface area contributed by atoms with Crippen LogP contribution >= 0.6 is 22.9 Å². The van der Waals surface area contributed by atoms with E-state index in [1.54, 1.807) is 22.5 Å². The number of halogens is 1. The topological polar surface area (TPSA) is 54.6 Å². The SMILES string of the molecule is CC(c1ccc(Cl)nc1)n1ncsc1=N. The van der Waals surface area contributed by atoms with E-state index in [0.29, 0.717) is 9.95 Å². The van der Waals surface area contributed by atoms with Crippen LogP contribution < -0.4 is 4.80 Å². The van der Waals surface area contributed by atoms with Crippen LogP contribution in [-0.4, -0.2) is 14.8 Å². The number of nitrogens with zero attached hydrogens (tertiary/aromatic N) is 3. The standard InChI is InChI=1S/C9H9ClN4S/c1-6(14-9(11)15-5-13-14)7-2-3-8(10)12-4-7/h2-6,11H,1H3. The van der Waals surface area contributed by atoms with E-state index in [-0.39, 0.29) is 6.04 Å². The van der Waals surface area contributed by atoms with Gasteiger partial charge in [0.25, 0.3) is 0 Å². The molecule has 6 heteroatoms. The van der Waals surface area contributed by atoms with Crippen LogP contribution in [0.5, 0.6) is 0 Å². The van der Waals surface area contributed by atoms with Gasteiger partial charge in [0.1, 0.15) is 10.7 Å². The largest absolute Gasteiger partial charge is 0.274 e. The highest BCUT2D eigenvalue weighted by Crippen LogP contribution is 2.15. The van der Waals surface area contributed by atoms with Crippen molar-refractivity contribution in [3.63, 3.8) is 0 Å². The summed E-state index contributed by atoms with van der Waals surface area (Å²) in [6.07, 6.45) is 1.71. The Morgan fingerprint density at radius 1 is 1.53 bits per heavy atom. The fourth-order valence-corrected chi connectivity index (χ4v) is 1.96. The minimum atomic E-state index is 0.00789. The first-order chi connectivity index (χ1) is 7.18. The van der Waals surface area contributed by atoms with E-state index in [9.17, 15) is 0 Å². The summed E-state index contributed by atoms with van der Waals surface area (Å²) in [7, 11) is 0. The molecule has 15 heavy (non-hydrogen) atoms. The lowest BCUT2D eigenvalue weighted by Crippen LogP contribution is -2.20. The van der Waals surface area contributed by atoms with Crippen LogP contribution in [0.4, 0.5) is 0 Å². The second kappa shape index (κ2) is 4.12. The van der Waals surface area contributed by atoms with E-state index < -0.39 is 0 Å². The van der Waals surface area contributed by atoms with Crippen molar-refractivity contribution in [1.29, 1.82) is 5.41 Å². The predicted molar refractivity (Wildman–Crippen MR) is 59.0 cm³/mol. The average molecular weight is 241 g/mol. The van der Waals surface area contributed by atoms with Crippen molar-refractivity contribution in [2.45, 2.75) is 13.0 Å². The van der Waals surface area contributed by atoms with E-state index in [2.05, 4.69) is 10.1 Å². The zero-order valence-corrected chi connectivity index (χ0v) is 9.59. The lowest BCUT2D eigenvalue weighted by molar-refractivity contribution is 0.537. The van der Waals surface area contributed by atoms with Gasteiger partial charge >= 0.3 is 0 Å². The Balaban J connectivity index is 2.36. The third-order valence-corrected chi connectivity index (χ3v) is 2.98. The van der Waals surface area contributed by atoms with E-state index in [0.717, 1.165) is 5.56 Å². The van der Waals surface area contributed by atoms with Crippen LogP contribution in [0.25, 0.3) is 0 Å². The van der Waals surface area contributed by atoms with E-state index in [1.807, 2.05) is 13.0 Å². The molecule has 2 heterocycles. The van der Waals surface area contributed by atoms with E-state index in [1.165, 1.54) is 11.3 Å². The maximum atomic E-state index is 7.65. The molecule has 78 valence electrons. The summed E-state index contributed by atoms with van der Waals surface area (Å²) in [5.74, 6) is 0. The minimum Gasteiger partial charge on any atom is -0.274 e. The highest BCUT2D eigenvalue weighted by molar-refractivity contribution is 7.06. The van der Waals surface area contributed by atoms with Crippen LogP contribution in [0.3, 0.4) is 0 Å². The predicted octanol–water partition coefficient (Wildman–Crippen LogP) is 2.08. The van der Waals surface area contributed by atoms with Crippen molar-refractivity contribution in [2.24, 2.45) is 0 Å². The zero-order chi connectivity index (χ0) is 10.8. The zero-order valence-electron chi connectivity index (χ0n) is 8.01. The van der Waals surface area contributed by atoms with Gasteiger partial charge in [-0.05, 0) is 18.6 Å². The van der Waals surface area contributed by atoms with Crippen LogP contribution in [0.2, 0.25) is 5.15 Å². The Kier molecular flexibility index (Phi) is 2.83. The second-order valence-corrected chi connectivity index (χ2v) is 4.30. The first kappa shape index (κ1) is 10.3. The molecule has 1 atom stereocenters. The van der Waals surface area contributed by atoms with Gasteiger partial charge in [0.15, 0.2) is 0 Å². The lowest BCUT2D eigenvalue weighted by Gasteiger charge is -2.11. The molecule has 0 spiro atoms. The molecule has 2 aromatic heterocycles. The lowest BCUT2D eigenvalue weighted by atomic mass is 10.1. The fraction of sp³-hybridized carbons (Fsp3) is 0.222. The minimum absolute atomic E-state index is 0.00789. The molecule has 1 unspecified atom stereocenters. The van der Waals surface area contributed by atoms with Crippen molar-refractivity contribution in [1.82, 2.24) is 14.8 Å². The molecule has 4 nitrogen and oxygen atoms in total. The van der Waals surface area contributed by atoms with Gasteiger partial charge in [0, 0.05) is 6.20 Å². The van der Waals surface area contributed by atoms with Crippen LogP contribution in [0.15, 0.2) is 23.8 Å². The summed E-state index contributed by atoms with van der Waals surface area (Å²) >= 11 is 7.01. The highest BCUT2D eigenvalue weighted by atomic mass is 35.5. The molecule has 0 saturated carbocycles. The molecule has 0 amide bonds. The Bertz CT molecular complexity index is 501. The van der Waals surface area contributed by atoms with Crippen molar-refractivity contribution >= 4 is 22.9 Å². The number of hydrogen-bond acceptors (Lipinski definition) is 4. The summed E-state index contributed by atoms with van der Waals surface area (Å²) in [6, 6.07) is 3.64. The number of pyridine rings is 1. The Morgan fingerprint density at radius 2 is 2.33 bits per heavy atom. The smallest absolute Gasteiger partial charge is 0.200 e. The monoisotopic (exact) mass is 240 g/mol. The summed E-state index contributed by atoms with van der Waals surface area (Å²) in [5.41, 5.74) is 2.64. The van der Waals surface area contributed by atoms with E-state index in [4.69, 9.17) is 17.0 Å². The molecule has 0 aliphatic rings. The summed E-state index contributed by atoms with van der Waals surface area (Å²) in [6.45, 7) is 1.97. The number of rotatable bonds is 2. The molecule has 2 rings (SSSR count). The van der Waals surface area contributed by atoms with Crippen LogP contribution in [-0.2, 0) is 0 Å². The quantitative estimate of drug-likeness (QED) is 0.818. The molecular weight excluding hydrogens is 232 g/mol. The van der Waals surface area contributed by atoms with Crippen molar-refractivity contribution in [3.8, 4) is 0 Å².